The second-order valence-corrected chi connectivity index (χ2v) is 20.0. The van der Waals surface area contributed by atoms with Crippen molar-refractivity contribution in [2.24, 2.45) is 23.7 Å². The van der Waals surface area contributed by atoms with Gasteiger partial charge in [0, 0.05) is 49.9 Å². The van der Waals surface area contributed by atoms with Crippen LogP contribution in [-0.2, 0) is 5.41 Å². The number of furan rings is 1. The molecule has 5 atom stereocenters. The van der Waals surface area contributed by atoms with Crippen LogP contribution in [0.5, 0.6) is 0 Å². The Morgan fingerprint density at radius 2 is 1.20 bits per heavy atom. The first-order chi connectivity index (χ1) is 32.5. The molecule has 3 heteroatoms. The maximum Gasteiger partial charge on any atom is 0.143 e. The summed E-state index contributed by atoms with van der Waals surface area (Å²) in [6.07, 6.45) is 6.75. The summed E-state index contributed by atoms with van der Waals surface area (Å²) in [4.78, 5) is 2.55. The highest BCUT2D eigenvalue weighted by molar-refractivity contribution is 6.14. The lowest BCUT2D eigenvalue weighted by Gasteiger charge is -2.43. The van der Waals surface area contributed by atoms with E-state index in [1.165, 1.54) is 92.7 Å². The number of hydrogen-bond donors (Lipinski definition) is 0. The fraction of sp³-hybridized carbons (Fsp3) is 0.175. The number of rotatable bonds is 7. The molecule has 0 amide bonds. The average molecular weight is 851 g/mol. The van der Waals surface area contributed by atoms with Crippen LogP contribution in [0.2, 0.25) is 0 Å². The largest absolute Gasteiger partial charge is 0.455 e. The van der Waals surface area contributed by atoms with Crippen LogP contribution in [0.15, 0.2) is 205 Å². The van der Waals surface area contributed by atoms with E-state index < -0.39 is 0 Å². The third kappa shape index (κ3) is 5.82. The van der Waals surface area contributed by atoms with Gasteiger partial charge < -0.3 is 13.9 Å². The zero-order valence-corrected chi connectivity index (χ0v) is 37.2. The summed E-state index contributed by atoms with van der Waals surface area (Å²) in [5, 5.41) is 7.38. The summed E-state index contributed by atoms with van der Waals surface area (Å²) in [7, 11) is 0. The Bertz CT molecular complexity index is 3680. The molecule has 3 aliphatic carbocycles. The second kappa shape index (κ2) is 14.6. The van der Waals surface area contributed by atoms with Crippen LogP contribution in [0.3, 0.4) is 0 Å². The molecule has 3 unspecified atom stereocenters. The first kappa shape index (κ1) is 38.0. The third-order valence-corrected chi connectivity index (χ3v) is 16.2. The van der Waals surface area contributed by atoms with Gasteiger partial charge in [-0.2, -0.15) is 0 Å². The molecule has 9 aromatic carbocycles. The molecule has 14 rings (SSSR count). The summed E-state index contributed by atoms with van der Waals surface area (Å²) in [6, 6.07) is 74.2. The SMILES string of the molecule is C[C@H]1CC2C[C@H]3CC(c4ccccc4N(c4ccc(-c5cccc(-n6c7ccccc7c7cc8ccccc8cc76)c5)cc4)c4ccc(-c5cccc6c5oc5ccccc56)cc4)(CC23)C1. The molecule has 66 heavy (non-hydrogen) atoms. The van der Waals surface area contributed by atoms with Gasteiger partial charge in [0.25, 0.3) is 0 Å². The monoisotopic (exact) mass is 850 g/mol. The number of hydrogen-bond acceptors (Lipinski definition) is 2. The van der Waals surface area contributed by atoms with E-state index in [1.807, 2.05) is 6.07 Å². The molecular weight excluding hydrogens is 801 g/mol. The lowest BCUT2D eigenvalue weighted by Crippen LogP contribution is -2.34. The van der Waals surface area contributed by atoms with Crippen LogP contribution in [-0.4, -0.2) is 4.57 Å². The Morgan fingerprint density at radius 3 is 2.05 bits per heavy atom. The van der Waals surface area contributed by atoms with Crippen molar-refractivity contribution in [2.45, 2.75) is 44.4 Å². The van der Waals surface area contributed by atoms with Gasteiger partial charge in [0.15, 0.2) is 0 Å². The number of aromatic nitrogens is 1. The van der Waals surface area contributed by atoms with E-state index in [2.05, 4.69) is 211 Å². The number of fused-ring (bicyclic) bond motifs is 8. The highest BCUT2D eigenvalue weighted by atomic mass is 16.3. The molecule has 0 spiro atoms. The standard InChI is InChI=1S/C63H50N2O/c1-40-32-46-33-47-38-63(37-40,39-56(46)47)57-20-6-8-22-59(57)64(49-30-26-42(27-31-49)51-18-11-19-54-53-17-5-9-23-61(53)66-62(51)54)48-28-24-41(25-29-48)43-14-10-15-50(34-43)65-58-21-7-4-16-52(58)55-35-44-12-2-3-13-45(44)36-60(55)65/h2-31,34-36,40,46-47,56H,32-33,37-39H2,1H3/t40-,46?,47-,56?,63?/m0/s1. The molecule has 318 valence electrons. The lowest BCUT2D eigenvalue weighted by molar-refractivity contribution is 0.0780. The maximum atomic E-state index is 6.51. The van der Waals surface area contributed by atoms with Gasteiger partial charge in [-0.3, -0.25) is 0 Å². The zero-order valence-electron chi connectivity index (χ0n) is 37.2. The van der Waals surface area contributed by atoms with Crippen LogP contribution < -0.4 is 4.90 Å². The summed E-state index contributed by atoms with van der Waals surface area (Å²) in [5.41, 5.74) is 15.5. The van der Waals surface area contributed by atoms with Crippen LogP contribution in [0, 0.1) is 23.7 Å². The first-order valence-corrected chi connectivity index (χ1v) is 24.1. The molecule has 3 saturated carbocycles. The minimum Gasteiger partial charge on any atom is -0.455 e. The Morgan fingerprint density at radius 1 is 0.500 bits per heavy atom. The molecule has 11 aromatic rings. The second-order valence-electron chi connectivity index (χ2n) is 20.0. The highest BCUT2D eigenvalue weighted by Gasteiger charge is 2.57. The Balaban J connectivity index is 0.880. The van der Waals surface area contributed by atoms with E-state index in [0.29, 0.717) is 0 Å². The quantitative estimate of drug-likeness (QED) is 0.159. The van der Waals surface area contributed by atoms with Gasteiger partial charge in [0.2, 0.25) is 0 Å². The minimum atomic E-state index is 0.200. The fourth-order valence-corrected chi connectivity index (χ4v) is 13.4. The van der Waals surface area contributed by atoms with Crippen molar-refractivity contribution in [2.75, 3.05) is 4.90 Å². The Labute approximate surface area is 385 Å². The summed E-state index contributed by atoms with van der Waals surface area (Å²) < 4.78 is 8.95. The van der Waals surface area contributed by atoms with E-state index in [4.69, 9.17) is 4.42 Å². The van der Waals surface area contributed by atoms with Crippen molar-refractivity contribution < 1.29 is 4.42 Å². The molecule has 3 fully saturated rings. The topological polar surface area (TPSA) is 21.3 Å². The first-order valence-electron chi connectivity index (χ1n) is 24.1. The normalized spacial score (nSPS) is 21.2. The van der Waals surface area contributed by atoms with E-state index in [-0.39, 0.29) is 5.41 Å². The molecule has 2 bridgehead atoms. The minimum absolute atomic E-state index is 0.200. The van der Waals surface area contributed by atoms with Gasteiger partial charge in [0.1, 0.15) is 11.2 Å². The fourth-order valence-electron chi connectivity index (χ4n) is 13.4. The van der Waals surface area contributed by atoms with Crippen LogP contribution in [0.4, 0.5) is 17.1 Å². The van der Waals surface area contributed by atoms with Gasteiger partial charge in [-0.25, -0.2) is 0 Å². The number of benzene rings is 9. The molecule has 0 N–H and O–H groups in total. The van der Waals surface area contributed by atoms with Gasteiger partial charge in [-0.1, -0.05) is 140 Å². The molecule has 0 aliphatic heterocycles. The van der Waals surface area contributed by atoms with Crippen molar-refractivity contribution >= 4 is 71.6 Å². The van der Waals surface area contributed by atoms with Crippen LogP contribution in [0.25, 0.3) is 82.5 Å². The molecule has 2 aromatic heterocycles. The molecular formula is C63H50N2O. The Hall–Kier alpha value is -7.36. The van der Waals surface area contributed by atoms with E-state index >= 15 is 0 Å². The van der Waals surface area contributed by atoms with E-state index in [0.717, 1.165) is 68.1 Å². The molecule has 0 saturated heterocycles. The number of anilines is 3. The van der Waals surface area contributed by atoms with E-state index in [1.54, 1.807) is 0 Å². The maximum absolute atomic E-state index is 6.51. The molecule has 0 radical (unpaired) electrons. The molecule has 3 nitrogen and oxygen atoms in total. The van der Waals surface area contributed by atoms with Crippen molar-refractivity contribution in [1.82, 2.24) is 4.57 Å². The van der Waals surface area contributed by atoms with Crippen molar-refractivity contribution in [3.8, 4) is 27.9 Å². The van der Waals surface area contributed by atoms with Crippen LogP contribution in [0.1, 0.15) is 44.6 Å². The van der Waals surface area contributed by atoms with Crippen LogP contribution >= 0.6 is 0 Å². The lowest BCUT2D eigenvalue weighted by atomic mass is 9.62. The predicted molar refractivity (Wildman–Crippen MR) is 276 cm³/mol. The number of para-hydroxylation sites is 4. The molecule has 3 aliphatic rings. The number of nitrogens with zero attached hydrogens (tertiary/aromatic N) is 2. The highest BCUT2D eigenvalue weighted by Crippen LogP contribution is 2.66. The average Bonchev–Trinajstić information content (AvgIpc) is 3.97. The van der Waals surface area contributed by atoms with Crippen molar-refractivity contribution in [3.05, 3.63) is 206 Å². The van der Waals surface area contributed by atoms with Gasteiger partial charge in [-0.05, 0) is 161 Å². The summed E-state index contributed by atoms with van der Waals surface area (Å²) in [5.74, 6) is 3.41. The Kier molecular flexibility index (Phi) is 8.38. The smallest absolute Gasteiger partial charge is 0.143 e. The summed E-state index contributed by atoms with van der Waals surface area (Å²) in [6.45, 7) is 2.52. The van der Waals surface area contributed by atoms with Gasteiger partial charge >= 0.3 is 0 Å². The van der Waals surface area contributed by atoms with Crippen molar-refractivity contribution in [3.63, 3.8) is 0 Å². The van der Waals surface area contributed by atoms with Gasteiger partial charge in [0.05, 0.1) is 11.0 Å². The predicted octanol–water partition coefficient (Wildman–Crippen LogP) is 17.4. The van der Waals surface area contributed by atoms with Crippen molar-refractivity contribution in [1.29, 1.82) is 0 Å². The zero-order chi connectivity index (χ0) is 43.5. The third-order valence-electron chi connectivity index (χ3n) is 16.2. The summed E-state index contributed by atoms with van der Waals surface area (Å²) >= 11 is 0. The van der Waals surface area contributed by atoms with Gasteiger partial charge in [-0.15, -0.1) is 0 Å². The molecule has 2 heterocycles. The van der Waals surface area contributed by atoms with E-state index in [9.17, 15) is 0 Å².